The zero-order valence-electron chi connectivity index (χ0n) is 4.37. The maximum atomic E-state index is 9.62. The Morgan fingerprint density at radius 2 is 1.33 bits per heavy atom. The topological polar surface area (TPSA) is 139 Å². The van der Waals surface area contributed by atoms with Crippen molar-refractivity contribution in [3.63, 3.8) is 0 Å². The molecule has 0 saturated heterocycles. The smallest absolute Gasteiger partial charge is 0.320 e. The van der Waals surface area contributed by atoms with E-state index in [-0.39, 0.29) is 0 Å². The number of hydrogen-bond acceptors (Lipinski definition) is 4. The minimum absolute atomic E-state index is 0.937. The lowest BCUT2D eigenvalue weighted by Crippen LogP contribution is -2.38. The predicted molar refractivity (Wildman–Crippen MR) is 27.6 cm³/mol. The second-order valence-corrected chi connectivity index (χ2v) is 0.854. The molecule has 7 heteroatoms. The predicted octanol–water partition coefficient (Wildman–Crippen LogP) is -1.25. The Kier molecular flexibility index (Phi) is 7.85. The third-order valence-electron chi connectivity index (χ3n) is 0.246. The maximum absolute atomic E-state index is 9.62. The standard InChI is InChI=1S/C2H5N3O2.H2O2/c3-1(6)5-2(4)7;1-2/h(H5,3,4,5,6,7);1-2H. The number of imide groups is 1. The van der Waals surface area contributed by atoms with Gasteiger partial charge in [0, 0.05) is 0 Å². The van der Waals surface area contributed by atoms with Crippen LogP contribution in [0, 0.1) is 0 Å². The summed E-state index contributed by atoms with van der Waals surface area (Å²) in [5.74, 6) is 0. The van der Waals surface area contributed by atoms with Crippen molar-refractivity contribution in [1.82, 2.24) is 5.32 Å². The molecule has 0 aromatic rings. The van der Waals surface area contributed by atoms with Crippen molar-refractivity contribution in [2.24, 2.45) is 11.5 Å². The average Bonchev–Trinajstić information content (AvgIpc) is 1.68. The molecule has 0 bridgehead atoms. The van der Waals surface area contributed by atoms with Crippen LogP contribution in [0.2, 0.25) is 0 Å². The molecule has 0 fully saturated rings. The largest absolute Gasteiger partial charge is 0.351 e. The number of primary amides is 2. The van der Waals surface area contributed by atoms with E-state index in [9.17, 15) is 9.59 Å². The first-order chi connectivity index (χ1) is 4.13. The van der Waals surface area contributed by atoms with E-state index < -0.39 is 12.1 Å². The number of carbonyl (C=O) groups excluding carboxylic acids is 2. The molecule has 7 nitrogen and oxygen atoms in total. The monoisotopic (exact) mass is 137 g/mol. The number of nitrogens with two attached hydrogens (primary N) is 2. The zero-order valence-corrected chi connectivity index (χ0v) is 4.37. The van der Waals surface area contributed by atoms with Gasteiger partial charge in [0.15, 0.2) is 0 Å². The minimum Gasteiger partial charge on any atom is -0.351 e. The van der Waals surface area contributed by atoms with E-state index in [2.05, 4.69) is 11.5 Å². The molecule has 0 aliphatic carbocycles. The summed E-state index contributed by atoms with van der Waals surface area (Å²) < 4.78 is 0. The van der Waals surface area contributed by atoms with Gasteiger partial charge in [0.2, 0.25) is 0 Å². The van der Waals surface area contributed by atoms with Gasteiger partial charge in [-0.05, 0) is 0 Å². The summed E-state index contributed by atoms with van der Waals surface area (Å²) in [6.07, 6.45) is 0. The highest BCUT2D eigenvalue weighted by Crippen LogP contribution is 1.51. The minimum atomic E-state index is -0.938. The van der Waals surface area contributed by atoms with Crippen LogP contribution < -0.4 is 16.8 Å². The van der Waals surface area contributed by atoms with Gasteiger partial charge in [-0.3, -0.25) is 15.8 Å². The molecule has 0 heterocycles. The summed E-state index contributed by atoms with van der Waals surface area (Å²) in [5.41, 5.74) is 8.88. The molecule has 0 spiro atoms. The molecule has 0 aromatic heterocycles. The van der Waals surface area contributed by atoms with Crippen LogP contribution in [0.25, 0.3) is 0 Å². The van der Waals surface area contributed by atoms with E-state index in [1.807, 2.05) is 0 Å². The van der Waals surface area contributed by atoms with Crippen LogP contribution in [0.15, 0.2) is 0 Å². The van der Waals surface area contributed by atoms with E-state index in [0.717, 1.165) is 0 Å². The second kappa shape index (κ2) is 6.66. The highest BCUT2D eigenvalue weighted by Gasteiger charge is 1.92. The Labute approximate surface area is 50.2 Å². The van der Waals surface area contributed by atoms with Gasteiger partial charge in [0.05, 0.1) is 0 Å². The SMILES string of the molecule is NC(=O)NC(N)=O.OO. The number of urea groups is 2. The van der Waals surface area contributed by atoms with Crippen molar-refractivity contribution >= 4 is 12.1 Å². The van der Waals surface area contributed by atoms with Gasteiger partial charge in [-0.1, -0.05) is 0 Å². The molecule has 7 N–H and O–H groups in total. The van der Waals surface area contributed by atoms with Crippen molar-refractivity contribution in [1.29, 1.82) is 0 Å². The molecule has 54 valence electrons. The van der Waals surface area contributed by atoms with Crippen LogP contribution in [0.3, 0.4) is 0 Å². The van der Waals surface area contributed by atoms with Crippen LogP contribution >= 0.6 is 0 Å². The van der Waals surface area contributed by atoms with Crippen LogP contribution in [0.1, 0.15) is 0 Å². The van der Waals surface area contributed by atoms with Gasteiger partial charge >= 0.3 is 12.1 Å². The fraction of sp³-hybridized carbons (Fsp3) is 0. The first-order valence-electron chi connectivity index (χ1n) is 1.69. The molecule has 9 heavy (non-hydrogen) atoms. The summed E-state index contributed by atoms with van der Waals surface area (Å²) in [6, 6.07) is -1.88. The Hall–Kier alpha value is -1.34. The van der Waals surface area contributed by atoms with Gasteiger partial charge < -0.3 is 11.5 Å². The number of carbonyl (C=O) groups is 2. The van der Waals surface area contributed by atoms with E-state index in [0.29, 0.717) is 0 Å². The summed E-state index contributed by atoms with van der Waals surface area (Å²) in [4.78, 5) is 19.2. The molecule has 4 amide bonds. The highest BCUT2D eigenvalue weighted by atomic mass is 17.0. The first kappa shape index (κ1) is 10.6. The Morgan fingerprint density at radius 1 is 1.11 bits per heavy atom. The molecule has 0 saturated carbocycles. The molecule has 0 radical (unpaired) electrons. The summed E-state index contributed by atoms with van der Waals surface area (Å²) in [7, 11) is 0. The molecular weight excluding hydrogens is 130 g/mol. The van der Waals surface area contributed by atoms with E-state index >= 15 is 0 Å². The molecule has 0 aliphatic rings. The third-order valence-corrected chi connectivity index (χ3v) is 0.246. The Morgan fingerprint density at radius 3 is 1.33 bits per heavy atom. The van der Waals surface area contributed by atoms with E-state index in [4.69, 9.17) is 10.5 Å². The van der Waals surface area contributed by atoms with Gasteiger partial charge in [-0.2, -0.15) is 0 Å². The lowest BCUT2D eigenvalue weighted by Gasteiger charge is -1.88. The Balaban J connectivity index is 0. The van der Waals surface area contributed by atoms with Gasteiger partial charge in [0.25, 0.3) is 0 Å². The average molecular weight is 137 g/mol. The van der Waals surface area contributed by atoms with Crippen molar-refractivity contribution in [2.45, 2.75) is 0 Å². The van der Waals surface area contributed by atoms with Crippen LogP contribution in [0.5, 0.6) is 0 Å². The number of hydrogen-bond donors (Lipinski definition) is 5. The maximum Gasteiger partial charge on any atom is 0.320 e. The molecule has 0 aliphatic heterocycles. The van der Waals surface area contributed by atoms with Crippen LogP contribution in [0.4, 0.5) is 9.59 Å². The molecular formula is C2H7N3O4. The summed E-state index contributed by atoms with van der Waals surface area (Å²) in [6.45, 7) is 0. The Bertz CT molecular complexity index is 90.0. The van der Waals surface area contributed by atoms with E-state index in [1.165, 1.54) is 0 Å². The fourth-order valence-corrected chi connectivity index (χ4v) is 0.121. The summed E-state index contributed by atoms with van der Waals surface area (Å²) in [5, 5.41) is 13.6. The summed E-state index contributed by atoms with van der Waals surface area (Å²) >= 11 is 0. The van der Waals surface area contributed by atoms with Gasteiger partial charge in [-0.15, -0.1) is 0 Å². The number of amides is 4. The zero-order chi connectivity index (χ0) is 7.86. The molecule has 0 atom stereocenters. The van der Waals surface area contributed by atoms with Crippen molar-refractivity contribution in [3.05, 3.63) is 0 Å². The lowest BCUT2D eigenvalue weighted by molar-refractivity contribution is -0.176. The highest BCUT2D eigenvalue weighted by molar-refractivity contribution is 5.91. The molecule has 0 unspecified atom stereocenters. The van der Waals surface area contributed by atoms with Gasteiger partial charge in [0.1, 0.15) is 0 Å². The normalized spacial score (nSPS) is 6.44. The fourth-order valence-electron chi connectivity index (χ4n) is 0.121. The molecule has 0 rings (SSSR count). The molecule has 0 aromatic carbocycles. The van der Waals surface area contributed by atoms with E-state index in [1.54, 1.807) is 5.32 Å². The quantitative estimate of drug-likeness (QED) is 0.210. The number of nitrogens with one attached hydrogen (secondary N) is 1. The van der Waals surface area contributed by atoms with Crippen molar-refractivity contribution in [2.75, 3.05) is 0 Å². The lowest BCUT2D eigenvalue weighted by atomic mass is 10.9. The van der Waals surface area contributed by atoms with Crippen LogP contribution in [-0.4, -0.2) is 22.6 Å². The number of rotatable bonds is 0. The van der Waals surface area contributed by atoms with Crippen molar-refractivity contribution < 1.29 is 20.1 Å². The van der Waals surface area contributed by atoms with Crippen molar-refractivity contribution in [3.8, 4) is 0 Å². The second-order valence-electron chi connectivity index (χ2n) is 0.854. The van der Waals surface area contributed by atoms with Crippen LogP contribution in [-0.2, 0) is 0 Å². The first-order valence-corrected chi connectivity index (χ1v) is 1.69. The third kappa shape index (κ3) is 20.4. The van der Waals surface area contributed by atoms with Gasteiger partial charge in [-0.25, -0.2) is 9.59 Å².